The molecule has 5 rings (SSSR count). The molecular formula is C25H26FN3O4S2. The first-order chi connectivity index (χ1) is 16.8. The molecule has 2 aliphatic rings. The monoisotopic (exact) mass is 515 g/mol. The molecule has 1 saturated heterocycles. The first-order valence-electron chi connectivity index (χ1n) is 11.3. The Bertz CT molecular complexity index is 1260. The molecule has 0 saturated carbocycles. The molecule has 0 bridgehead atoms. The van der Waals surface area contributed by atoms with Crippen molar-refractivity contribution in [3.63, 3.8) is 0 Å². The van der Waals surface area contributed by atoms with Crippen molar-refractivity contribution in [2.75, 3.05) is 13.2 Å². The van der Waals surface area contributed by atoms with Crippen molar-refractivity contribution in [3.8, 4) is 16.3 Å². The maximum atomic E-state index is 13.7. The third-order valence-corrected chi connectivity index (χ3v) is 7.97. The van der Waals surface area contributed by atoms with Gasteiger partial charge in [-0.05, 0) is 36.6 Å². The minimum Gasteiger partial charge on any atom is -0.347 e. The number of thiazole rings is 1. The molecule has 2 aromatic heterocycles. The zero-order valence-electron chi connectivity index (χ0n) is 19.7. The smallest absolute Gasteiger partial charge is 0.347 e. The van der Waals surface area contributed by atoms with Crippen LogP contribution >= 0.6 is 23.1 Å². The van der Waals surface area contributed by atoms with Crippen LogP contribution < -0.4 is 0 Å². The summed E-state index contributed by atoms with van der Waals surface area (Å²) in [7, 11) is 0. The third-order valence-electron chi connectivity index (χ3n) is 5.71. The Labute approximate surface area is 211 Å². The number of hydrogen-bond acceptors (Lipinski definition) is 8. The zero-order chi connectivity index (χ0) is 25.0. The van der Waals surface area contributed by atoms with E-state index in [2.05, 4.69) is 19.9 Å². The van der Waals surface area contributed by atoms with Gasteiger partial charge in [-0.25, -0.2) is 14.1 Å². The molecule has 7 nitrogen and oxygen atoms in total. The Morgan fingerprint density at radius 2 is 2.00 bits per heavy atom. The summed E-state index contributed by atoms with van der Waals surface area (Å²) in [6.45, 7) is 7.67. The van der Waals surface area contributed by atoms with Crippen LogP contribution in [0.15, 0.2) is 40.7 Å². The summed E-state index contributed by atoms with van der Waals surface area (Å²) in [6, 6.07) is 6.62. The summed E-state index contributed by atoms with van der Waals surface area (Å²) in [5, 5.41) is 5.97. The number of benzene rings is 1. The lowest BCUT2D eigenvalue weighted by Crippen LogP contribution is -2.31. The Morgan fingerprint density at radius 1 is 1.26 bits per heavy atom. The van der Waals surface area contributed by atoms with Gasteiger partial charge in [0.05, 0.1) is 28.8 Å². The summed E-state index contributed by atoms with van der Waals surface area (Å²) in [5.74, 6) is -0.689. The zero-order valence-corrected chi connectivity index (χ0v) is 21.4. The minimum absolute atomic E-state index is 0.250. The van der Waals surface area contributed by atoms with Crippen molar-refractivity contribution < 1.29 is 23.5 Å². The second kappa shape index (κ2) is 11.0. The van der Waals surface area contributed by atoms with Crippen molar-refractivity contribution in [1.82, 2.24) is 14.8 Å². The van der Waals surface area contributed by atoms with Crippen LogP contribution in [0.4, 0.5) is 4.39 Å². The second-order valence-corrected chi connectivity index (χ2v) is 11.3. The van der Waals surface area contributed by atoms with E-state index in [-0.39, 0.29) is 12.0 Å². The van der Waals surface area contributed by atoms with Gasteiger partial charge in [-0.15, -0.1) is 11.8 Å². The van der Waals surface area contributed by atoms with E-state index in [0.717, 1.165) is 46.9 Å². The Hall–Kier alpha value is -2.62. The lowest BCUT2D eigenvalue weighted by atomic mass is 9.92. The fourth-order valence-electron chi connectivity index (χ4n) is 4.17. The van der Waals surface area contributed by atoms with Crippen molar-refractivity contribution in [1.29, 1.82) is 0 Å². The van der Waals surface area contributed by atoms with Gasteiger partial charge in [0.15, 0.2) is 5.79 Å². The van der Waals surface area contributed by atoms with Crippen molar-refractivity contribution >= 4 is 34.8 Å². The summed E-state index contributed by atoms with van der Waals surface area (Å²) < 4.78 is 28.5. The molecule has 3 aromatic rings. The van der Waals surface area contributed by atoms with Crippen LogP contribution in [0, 0.1) is 12.7 Å². The molecule has 3 heterocycles. The fraction of sp³-hybridized carbons (Fsp3) is 0.400. The molecule has 1 aromatic carbocycles. The Kier molecular flexibility index (Phi) is 7.98. The fourth-order valence-corrected chi connectivity index (χ4v) is 6.64. The van der Waals surface area contributed by atoms with Gasteiger partial charge in [-0.3, -0.25) is 0 Å². The maximum absolute atomic E-state index is 13.7. The van der Waals surface area contributed by atoms with Crippen molar-refractivity contribution in [2.24, 2.45) is 0 Å². The van der Waals surface area contributed by atoms with Crippen molar-refractivity contribution in [2.45, 2.75) is 55.3 Å². The topological polar surface area (TPSA) is 83.3 Å². The SMILES string of the molecule is Cc1nn(-c2nc(C3=CCC4(CC3)OCCO4)c(SC(C)C)s2)cc1-c1cccc(F)c1.O=C=O. The molecule has 1 aliphatic heterocycles. The predicted octanol–water partition coefficient (Wildman–Crippen LogP) is 5.67. The normalized spacial score (nSPS) is 16.7. The van der Waals surface area contributed by atoms with Crippen LogP contribution in [-0.2, 0) is 19.1 Å². The predicted molar refractivity (Wildman–Crippen MR) is 132 cm³/mol. The number of allylic oxidation sites excluding steroid dienone is 1. The number of hydrogen-bond donors (Lipinski definition) is 0. The second-order valence-electron chi connectivity index (χ2n) is 8.51. The van der Waals surface area contributed by atoms with Gasteiger partial charge in [-0.2, -0.15) is 14.7 Å². The quantitative estimate of drug-likeness (QED) is 0.405. The summed E-state index contributed by atoms with van der Waals surface area (Å²) >= 11 is 3.48. The van der Waals surface area contributed by atoms with Crippen LogP contribution in [0.1, 0.15) is 44.5 Å². The average molecular weight is 516 g/mol. The highest BCUT2D eigenvalue weighted by atomic mass is 32.2. The van der Waals surface area contributed by atoms with E-state index in [1.54, 1.807) is 17.4 Å². The van der Waals surface area contributed by atoms with Gasteiger partial charge in [0.2, 0.25) is 5.13 Å². The van der Waals surface area contributed by atoms with Crippen LogP contribution in [0.3, 0.4) is 0 Å². The highest BCUT2D eigenvalue weighted by Gasteiger charge is 2.38. The van der Waals surface area contributed by atoms with E-state index in [9.17, 15) is 4.39 Å². The number of aromatic nitrogens is 3. The first kappa shape index (κ1) is 25.5. The van der Waals surface area contributed by atoms with Gasteiger partial charge >= 0.3 is 6.15 Å². The highest BCUT2D eigenvalue weighted by Crippen LogP contribution is 2.43. The molecule has 1 spiro atoms. The van der Waals surface area contributed by atoms with Gasteiger partial charge in [0.25, 0.3) is 0 Å². The van der Waals surface area contributed by atoms with Crippen LogP contribution in [0.25, 0.3) is 21.8 Å². The number of thioether (sulfide) groups is 1. The Morgan fingerprint density at radius 3 is 2.63 bits per heavy atom. The first-order valence-corrected chi connectivity index (χ1v) is 13.0. The highest BCUT2D eigenvalue weighted by molar-refractivity contribution is 8.01. The molecule has 0 amide bonds. The molecule has 10 heteroatoms. The summed E-state index contributed by atoms with van der Waals surface area (Å²) in [6.07, 6.45) is 6.90. The largest absolute Gasteiger partial charge is 0.373 e. The number of ether oxygens (including phenoxy) is 2. The summed E-state index contributed by atoms with van der Waals surface area (Å²) in [4.78, 5) is 21.3. The lowest BCUT2D eigenvalue weighted by Gasteiger charge is -2.30. The molecule has 184 valence electrons. The summed E-state index contributed by atoms with van der Waals surface area (Å²) in [5.41, 5.74) is 4.86. The van der Waals surface area contributed by atoms with Crippen LogP contribution in [0.5, 0.6) is 0 Å². The number of rotatable bonds is 5. The van der Waals surface area contributed by atoms with E-state index in [4.69, 9.17) is 29.1 Å². The van der Waals surface area contributed by atoms with E-state index in [1.807, 2.05) is 35.6 Å². The van der Waals surface area contributed by atoms with Gasteiger partial charge in [-0.1, -0.05) is 43.4 Å². The molecule has 0 radical (unpaired) electrons. The van der Waals surface area contributed by atoms with E-state index >= 15 is 0 Å². The molecule has 1 aliphatic carbocycles. The average Bonchev–Trinajstić information content (AvgIpc) is 3.54. The van der Waals surface area contributed by atoms with E-state index < -0.39 is 5.79 Å². The van der Waals surface area contributed by atoms with E-state index in [1.165, 1.54) is 21.9 Å². The van der Waals surface area contributed by atoms with Gasteiger partial charge in [0.1, 0.15) is 5.82 Å². The standard InChI is InChI=1S/C24H26FN3O2S2.CO2/c1-15(2)31-22-21(17-7-9-24(10-8-17)29-11-12-30-24)26-23(32-22)28-14-20(16(3)27-28)18-5-4-6-19(25)13-18;2-1-3/h4-7,13-15H,8-12H2,1-3H3;. The molecule has 0 atom stereocenters. The molecule has 0 N–H and O–H groups in total. The number of nitrogens with zero attached hydrogens (tertiary/aromatic N) is 3. The van der Waals surface area contributed by atoms with Gasteiger partial charge < -0.3 is 9.47 Å². The molecular weight excluding hydrogens is 489 g/mol. The third kappa shape index (κ3) is 5.79. The Balaban J connectivity index is 0.000000917. The molecule has 0 unspecified atom stereocenters. The minimum atomic E-state index is -0.438. The number of aryl methyl sites for hydroxylation is 1. The van der Waals surface area contributed by atoms with Crippen LogP contribution in [0.2, 0.25) is 0 Å². The maximum Gasteiger partial charge on any atom is 0.373 e. The van der Waals surface area contributed by atoms with Crippen LogP contribution in [-0.4, -0.2) is 45.2 Å². The van der Waals surface area contributed by atoms with E-state index in [0.29, 0.717) is 18.5 Å². The number of halogens is 1. The van der Waals surface area contributed by atoms with Gasteiger partial charge in [0, 0.05) is 29.9 Å². The number of carbonyl (C=O) groups excluding carboxylic acids is 2. The molecule has 35 heavy (non-hydrogen) atoms. The van der Waals surface area contributed by atoms with Crippen molar-refractivity contribution in [3.05, 3.63) is 53.7 Å². The lowest BCUT2D eigenvalue weighted by molar-refractivity contribution is -0.191. The molecule has 1 fully saturated rings.